The second-order valence-corrected chi connectivity index (χ2v) is 8.95. The molecule has 4 heteroatoms. The number of ether oxygens (including phenoxy) is 2. The molecular weight excluding hydrogens is 324 g/mol. The lowest BCUT2D eigenvalue weighted by atomic mass is 9.80. The molecule has 0 bridgehead atoms. The number of nitrogens with zero attached hydrogens (tertiary/aromatic N) is 1. The standard InChI is InChI=1S/C22H32N2O2/c1-2-4-21(26-19-8-12-25-14-19)20(3-1)17-6-10-24(11-7-17)18-5-9-22(13-18)15-23-16-22/h1-4,17-19,23H,5-16H2/t18-,19-/m1/s1. The zero-order valence-corrected chi connectivity index (χ0v) is 15.8. The Morgan fingerprint density at radius 3 is 2.62 bits per heavy atom. The highest BCUT2D eigenvalue weighted by atomic mass is 16.5. The average Bonchev–Trinajstić information content (AvgIpc) is 3.32. The SMILES string of the molecule is c1ccc(C2CCN([C@@H]3CCC4(CNC4)C3)CC2)c(O[C@@H]2CCOC2)c1. The van der Waals surface area contributed by atoms with Gasteiger partial charge in [0.25, 0.3) is 0 Å². The van der Waals surface area contributed by atoms with Crippen LogP contribution in [0.1, 0.15) is 50.0 Å². The lowest BCUT2D eigenvalue weighted by Gasteiger charge is -2.41. The third kappa shape index (κ3) is 3.28. The van der Waals surface area contributed by atoms with Gasteiger partial charge in [0.1, 0.15) is 11.9 Å². The fourth-order valence-electron chi connectivity index (χ4n) is 5.57. The van der Waals surface area contributed by atoms with Crippen molar-refractivity contribution in [2.75, 3.05) is 39.4 Å². The van der Waals surface area contributed by atoms with Gasteiger partial charge in [-0.15, -0.1) is 0 Å². The molecule has 2 atom stereocenters. The van der Waals surface area contributed by atoms with Crippen molar-refractivity contribution in [2.45, 2.75) is 56.6 Å². The number of hydrogen-bond acceptors (Lipinski definition) is 4. The van der Waals surface area contributed by atoms with E-state index in [4.69, 9.17) is 9.47 Å². The first-order valence-electron chi connectivity index (χ1n) is 10.6. The predicted octanol–water partition coefficient (Wildman–Crippen LogP) is 3.18. The molecule has 3 aliphatic heterocycles. The van der Waals surface area contributed by atoms with Gasteiger partial charge in [-0.05, 0) is 68.2 Å². The summed E-state index contributed by atoms with van der Waals surface area (Å²) < 4.78 is 11.8. The summed E-state index contributed by atoms with van der Waals surface area (Å²) in [6, 6.07) is 9.55. The minimum absolute atomic E-state index is 0.238. The van der Waals surface area contributed by atoms with E-state index in [1.54, 1.807) is 0 Å². The molecule has 3 saturated heterocycles. The van der Waals surface area contributed by atoms with Crippen LogP contribution in [0.15, 0.2) is 24.3 Å². The van der Waals surface area contributed by atoms with Crippen LogP contribution in [0.25, 0.3) is 0 Å². The Kier molecular flexibility index (Phi) is 4.68. The molecule has 4 fully saturated rings. The summed E-state index contributed by atoms with van der Waals surface area (Å²) in [6.45, 7) is 6.60. The van der Waals surface area contributed by atoms with Crippen LogP contribution in [0.3, 0.4) is 0 Å². The van der Waals surface area contributed by atoms with Gasteiger partial charge < -0.3 is 19.7 Å². The van der Waals surface area contributed by atoms with Crippen LogP contribution < -0.4 is 10.1 Å². The second kappa shape index (κ2) is 7.14. The first-order valence-corrected chi connectivity index (χ1v) is 10.6. The van der Waals surface area contributed by atoms with E-state index in [9.17, 15) is 0 Å². The molecule has 4 aliphatic rings. The molecule has 0 amide bonds. The van der Waals surface area contributed by atoms with Crippen molar-refractivity contribution in [1.82, 2.24) is 10.2 Å². The molecule has 1 saturated carbocycles. The molecule has 5 rings (SSSR count). The van der Waals surface area contributed by atoms with E-state index < -0.39 is 0 Å². The van der Waals surface area contributed by atoms with E-state index in [-0.39, 0.29) is 6.10 Å². The summed E-state index contributed by atoms with van der Waals surface area (Å²) in [7, 11) is 0. The van der Waals surface area contributed by atoms with Crippen molar-refractivity contribution >= 4 is 0 Å². The molecule has 142 valence electrons. The van der Waals surface area contributed by atoms with Crippen molar-refractivity contribution in [2.24, 2.45) is 5.41 Å². The Labute approximate surface area is 157 Å². The van der Waals surface area contributed by atoms with Crippen molar-refractivity contribution in [1.29, 1.82) is 0 Å². The number of nitrogens with one attached hydrogen (secondary N) is 1. The molecule has 3 heterocycles. The molecule has 0 unspecified atom stereocenters. The minimum atomic E-state index is 0.238. The third-order valence-electron chi connectivity index (χ3n) is 7.26. The summed E-state index contributed by atoms with van der Waals surface area (Å²) in [5, 5.41) is 3.49. The number of para-hydroxylation sites is 1. The zero-order chi connectivity index (χ0) is 17.4. The highest BCUT2D eigenvalue weighted by Crippen LogP contribution is 2.44. The Morgan fingerprint density at radius 2 is 1.92 bits per heavy atom. The average molecular weight is 357 g/mol. The molecule has 26 heavy (non-hydrogen) atoms. The van der Waals surface area contributed by atoms with Gasteiger partial charge in [-0.25, -0.2) is 0 Å². The quantitative estimate of drug-likeness (QED) is 0.898. The van der Waals surface area contributed by atoms with Gasteiger partial charge in [0, 0.05) is 25.6 Å². The van der Waals surface area contributed by atoms with Gasteiger partial charge in [-0.3, -0.25) is 0 Å². The molecule has 1 spiro atoms. The van der Waals surface area contributed by atoms with E-state index in [1.807, 2.05) is 0 Å². The highest BCUT2D eigenvalue weighted by Gasteiger charge is 2.45. The van der Waals surface area contributed by atoms with Crippen LogP contribution in [0.4, 0.5) is 0 Å². The molecule has 0 aromatic heterocycles. The van der Waals surface area contributed by atoms with E-state index >= 15 is 0 Å². The van der Waals surface area contributed by atoms with Gasteiger partial charge >= 0.3 is 0 Å². The maximum absolute atomic E-state index is 6.29. The van der Waals surface area contributed by atoms with Crippen molar-refractivity contribution in [3.8, 4) is 5.75 Å². The Hall–Kier alpha value is -1.10. The molecule has 1 aromatic carbocycles. The van der Waals surface area contributed by atoms with Crippen LogP contribution in [0.2, 0.25) is 0 Å². The van der Waals surface area contributed by atoms with Gasteiger partial charge in [0.05, 0.1) is 13.2 Å². The van der Waals surface area contributed by atoms with Crippen LogP contribution in [0, 0.1) is 5.41 Å². The van der Waals surface area contributed by atoms with Crippen LogP contribution in [-0.2, 0) is 4.74 Å². The smallest absolute Gasteiger partial charge is 0.124 e. The van der Waals surface area contributed by atoms with Crippen LogP contribution >= 0.6 is 0 Å². The first-order chi connectivity index (χ1) is 12.8. The van der Waals surface area contributed by atoms with Crippen molar-refractivity contribution in [3.05, 3.63) is 29.8 Å². The maximum Gasteiger partial charge on any atom is 0.124 e. The Balaban J connectivity index is 1.20. The topological polar surface area (TPSA) is 33.7 Å². The monoisotopic (exact) mass is 356 g/mol. The molecule has 1 aliphatic carbocycles. The highest BCUT2D eigenvalue weighted by molar-refractivity contribution is 5.37. The fourth-order valence-corrected chi connectivity index (χ4v) is 5.57. The van der Waals surface area contributed by atoms with Crippen LogP contribution in [0.5, 0.6) is 5.75 Å². The summed E-state index contributed by atoms with van der Waals surface area (Å²) in [5.41, 5.74) is 2.08. The normalized spacial score (nSPS) is 32.0. The summed E-state index contributed by atoms with van der Waals surface area (Å²) in [4.78, 5) is 2.79. The van der Waals surface area contributed by atoms with E-state index in [1.165, 1.54) is 63.8 Å². The second-order valence-electron chi connectivity index (χ2n) is 8.95. The summed E-state index contributed by atoms with van der Waals surface area (Å²) in [6.07, 6.45) is 8.06. The van der Waals surface area contributed by atoms with Gasteiger partial charge in [0.15, 0.2) is 0 Å². The van der Waals surface area contributed by atoms with Crippen LogP contribution in [-0.4, -0.2) is 56.4 Å². The number of rotatable bonds is 4. The minimum Gasteiger partial charge on any atom is -0.488 e. The molecule has 0 radical (unpaired) electrons. The van der Waals surface area contributed by atoms with Gasteiger partial charge in [-0.1, -0.05) is 18.2 Å². The molecule has 4 nitrogen and oxygen atoms in total. The number of piperidine rings is 1. The Bertz CT molecular complexity index is 616. The van der Waals surface area contributed by atoms with Gasteiger partial charge in [0.2, 0.25) is 0 Å². The lowest BCUT2D eigenvalue weighted by molar-refractivity contribution is 0.118. The van der Waals surface area contributed by atoms with E-state index in [0.717, 1.165) is 31.4 Å². The van der Waals surface area contributed by atoms with Gasteiger partial charge in [-0.2, -0.15) is 0 Å². The molecule has 1 N–H and O–H groups in total. The molecular formula is C22H32N2O2. The first kappa shape index (κ1) is 17.0. The van der Waals surface area contributed by atoms with Crippen molar-refractivity contribution in [3.63, 3.8) is 0 Å². The lowest BCUT2D eigenvalue weighted by Crippen LogP contribution is -2.52. The number of benzene rings is 1. The molecule has 1 aromatic rings. The third-order valence-corrected chi connectivity index (χ3v) is 7.26. The Morgan fingerprint density at radius 1 is 1.08 bits per heavy atom. The van der Waals surface area contributed by atoms with E-state index in [0.29, 0.717) is 11.3 Å². The fraction of sp³-hybridized carbons (Fsp3) is 0.727. The number of hydrogen-bond donors (Lipinski definition) is 1. The van der Waals surface area contributed by atoms with Crippen molar-refractivity contribution < 1.29 is 9.47 Å². The number of likely N-dealkylation sites (tertiary alicyclic amines) is 1. The predicted molar refractivity (Wildman–Crippen MR) is 103 cm³/mol. The maximum atomic E-state index is 6.29. The van der Waals surface area contributed by atoms with E-state index in [2.05, 4.69) is 34.5 Å². The largest absolute Gasteiger partial charge is 0.488 e. The zero-order valence-electron chi connectivity index (χ0n) is 15.8. The summed E-state index contributed by atoms with van der Waals surface area (Å²) in [5.74, 6) is 1.74. The summed E-state index contributed by atoms with van der Waals surface area (Å²) >= 11 is 0.